The van der Waals surface area contributed by atoms with E-state index in [1.54, 1.807) is 6.07 Å². The Morgan fingerprint density at radius 1 is 1.52 bits per heavy atom. The van der Waals surface area contributed by atoms with Crippen molar-refractivity contribution in [1.82, 2.24) is 0 Å². The molecule has 2 atom stereocenters. The van der Waals surface area contributed by atoms with Crippen LogP contribution in [0.1, 0.15) is 42.1 Å². The first-order valence-electron chi connectivity index (χ1n) is 7.31. The summed E-state index contributed by atoms with van der Waals surface area (Å²) in [6.07, 6.45) is 3.33. The number of hydrogen-bond acceptors (Lipinski definition) is 4. The maximum absolute atomic E-state index is 11.8. The summed E-state index contributed by atoms with van der Waals surface area (Å²) < 4.78 is 11.4. The molecule has 1 N–H and O–H groups in total. The standard InChI is InChI=1S/C16H22BrNO3/c1-4-13-9-12(5-6-21-13)18-15-8-11(17)7-14(10(15)2)16(19)20-3/h7-8,12-13,18H,4-6,9H2,1-3H3. The highest BCUT2D eigenvalue weighted by Crippen LogP contribution is 2.28. The van der Waals surface area contributed by atoms with Gasteiger partial charge in [0.1, 0.15) is 0 Å². The van der Waals surface area contributed by atoms with E-state index in [9.17, 15) is 4.79 Å². The van der Waals surface area contributed by atoms with Crippen LogP contribution in [0.25, 0.3) is 0 Å². The van der Waals surface area contributed by atoms with Crippen molar-refractivity contribution in [3.63, 3.8) is 0 Å². The molecule has 1 heterocycles. The summed E-state index contributed by atoms with van der Waals surface area (Å²) in [5.41, 5.74) is 2.49. The molecule has 0 aliphatic carbocycles. The van der Waals surface area contributed by atoms with E-state index in [1.165, 1.54) is 7.11 Å². The molecule has 1 aromatic rings. The molecule has 1 aliphatic heterocycles. The van der Waals surface area contributed by atoms with Gasteiger partial charge in [0.15, 0.2) is 0 Å². The molecule has 0 amide bonds. The summed E-state index contributed by atoms with van der Waals surface area (Å²) in [5.74, 6) is -0.310. The minimum Gasteiger partial charge on any atom is -0.465 e. The van der Waals surface area contributed by atoms with Crippen molar-refractivity contribution in [2.45, 2.75) is 45.3 Å². The maximum Gasteiger partial charge on any atom is 0.338 e. The van der Waals surface area contributed by atoms with Crippen LogP contribution in [0.3, 0.4) is 0 Å². The van der Waals surface area contributed by atoms with Crippen molar-refractivity contribution < 1.29 is 14.3 Å². The Hall–Kier alpha value is -1.07. The van der Waals surface area contributed by atoms with E-state index < -0.39 is 0 Å². The third-order valence-electron chi connectivity index (χ3n) is 3.96. The van der Waals surface area contributed by atoms with Crippen LogP contribution in [0, 0.1) is 6.92 Å². The number of methoxy groups -OCH3 is 1. The highest BCUT2D eigenvalue weighted by atomic mass is 79.9. The van der Waals surface area contributed by atoms with Crippen molar-refractivity contribution >= 4 is 27.6 Å². The number of carbonyl (C=O) groups excluding carboxylic acids is 1. The molecular weight excluding hydrogens is 334 g/mol. The topological polar surface area (TPSA) is 47.6 Å². The number of nitrogens with one attached hydrogen (secondary N) is 1. The van der Waals surface area contributed by atoms with Crippen LogP contribution in [-0.4, -0.2) is 31.8 Å². The molecule has 5 heteroatoms. The molecule has 0 radical (unpaired) electrons. The zero-order chi connectivity index (χ0) is 15.4. The Kier molecular flexibility index (Phi) is 5.65. The van der Waals surface area contributed by atoms with Gasteiger partial charge in [0.2, 0.25) is 0 Å². The highest BCUT2D eigenvalue weighted by Gasteiger charge is 2.22. The Labute approximate surface area is 134 Å². The van der Waals surface area contributed by atoms with Gasteiger partial charge < -0.3 is 14.8 Å². The second-order valence-corrected chi connectivity index (χ2v) is 6.30. The van der Waals surface area contributed by atoms with Crippen LogP contribution in [0.15, 0.2) is 16.6 Å². The molecule has 0 bridgehead atoms. The highest BCUT2D eigenvalue weighted by molar-refractivity contribution is 9.10. The van der Waals surface area contributed by atoms with E-state index in [1.807, 2.05) is 13.0 Å². The third-order valence-corrected chi connectivity index (χ3v) is 4.42. The second kappa shape index (κ2) is 7.27. The van der Waals surface area contributed by atoms with Crippen molar-refractivity contribution in [2.75, 3.05) is 19.0 Å². The van der Waals surface area contributed by atoms with E-state index >= 15 is 0 Å². The minimum absolute atomic E-state index is 0.310. The Morgan fingerprint density at radius 3 is 2.95 bits per heavy atom. The molecule has 0 saturated carbocycles. The van der Waals surface area contributed by atoms with Gasteiger partial charge in [-0.25, -0.2) is 4.79 Å². The van der Waals surface area contributed by atoms with E-state index in [4.69, 9.17) is 9.47 Å². The van der Waals surface area contributed by atoms with Crippen molar-refractivity contribution in [3.8, 4) is 0 Å². The van der Waals surface area contributed by atoms with Gasteiger partial charge in [-0.1, -0.05) is 22.9 Å². The summed E-state index contributed by atoms with van der Waals surface area (Å²) >= 11 is 3.46. The minimum atomic E-state index is -0.310. The molecule has 116 valence electrons. The zero-order valence-electron chi connectivity index (χ0n) is 12.7. The molecular formula is C16H22BrNO3. The van der Waals surface area contributed by atoms with Crippen molar-refractivity contribution in [3.05, 3.63) is 27.7 Å². The summed E-state index contributed by atoms with van der Waals surface area (Å²) in [6.45, 7) is 4.87. The molecule has 2 rings (SSSR count). The van der Waals surface area contributed by atoms with E-state index in [-0.39, 0.29) is 5.97 Å². The zero-order valence-corrected chi connectivity index (χ0v) is 14.3. The van der Waals surface area contributed by atoms with Gasteiger partial charge in [-0.15, -0.1) is 0 Å². The van der Waals surface area contributed by atoms with Gasteiger partial charge in [0.05, 0.1) is 18.8 Å². The fourth-order valence-electron chi connectivity index (χ4n) is 2.67. The maximum atomic E-state index is 11.8. The third kappa shape index (κ3) is 3.98. The van der Waals surface area contributed by atoms with Gasteiger partial charge in [-0.3, -0.25) is 0 Å². The average Bonchev–Trinajstić information content (AvgIpc) is 2.50. The van der Waals surface area contributed by atoms with Crippen LogP contribution in [0.2, 0.25) is 0 Å². The van der Waals surface area contributed by atoms with Gasteiger partial charge >= 0.3 is 5.97 Å². The van der Waals surface area contributed by atoms with Crippen LogP contribution >= 0.6 is 15.9 Å². The number of ether oxygens (including phenoxy) is 2. The Morgan fingerprint density at radius 2 is 2.29 bits per heavy atom. The molecule has 1 aliphatic rings. The second-order valence-electron chi connectivity index (χ2n) is 5.38. The van der Waals surface area contributed by atoms with Crippen molar-refractivity contribution in [2.24, 2.45) is 0 Å². The number of benzene rings is 1. The first-order chi connectivity index (χ1) is 10.0. The van der Waals surface area contributed by atoms with Crippen LogP contribution < -0.4 is 5.32 Å². The monoisotopic (exact) mass is 355 g/mol. The fraction of sp³-hybridized carbons (Fsp3) is 0.562. The van der Waals surface area contributed by atoms with Gasteiger partial charge in [0.25, 0.3) is 0 Å². The largest absolute Gasteiger partial charge is 0.465 e. The molecule has 1 fully saturated rings. The van der Waals surface area contributed by atoms with Crippen LogP contribution in [-0.2, 0) is 9.47 Å². The molecule has 0 spiro atoms. The first kappa shape index (κ1) is 16.3. The van der Waals surface area contributed by atoms with Gasteiger partial charge in [-0.05, 0) is 43.9 Å². The smallest absolute Gasteiger partial charge is 0.338 e. The average molecular weight is 356 g/mol. The number of esters is 1. The molecule has 0 aromatic heterocycles. The lowest BCUT2D eigenvalue weighted by molar-refractivity contribution is 0.00924. The summed E-state index contributed by atoms with van der Waals surface area (Å²) in [6, 6.07) is 4.19. The van der Waals surface area contributed by atoms with Crippen LogP contribution in [0.4, 0.5) is 5.69 Å². The number of halogens is 1. The summed E-state index contributed by atoms with van der Waals surface area (Å²) in [5, 5.41) is 3.56. The van der Waals surface area contributed by atoms with E-state index in [0.29, 0.717) is 17.7 Å². The quantitative estimate of drug-likeness (QED) is 0.831. The molecule has 1 saturated heterocycles. The molecule has 21 heavy (non-hydrogen) atoms. The lowest BCUT2D eigenvalue weighted by atomic mass is 10.00. The Balaban J connectivity index is 2.19. The summed E-state index contributed by atoms with van der Waals surface area (Å²) in [7, 11) is 1.40. The first-order valence-corrected chi connectivity index (χ1v) is 8.11. The number of carbonyl (C=O) groups is 1. The van der Waals surface area contributed by atoms with E-state index in [2.05, 4.69) is 28.2 Å². The summed E-state index contributed by atoms with van der Waals surface area (Å²) in [4.78, 5) is 11.8. The SMILES string of the molecule is CCC1CC(Nc2cc(Br)cc(C(=O)OC)c2C)CCO1. The predicted molar refractivity (Wildman–Crippen MR) is 86.9 cm³/mol. The van der Waals surface area contributed by atoms with Gasteiger partial charge in [-0.2, -0.15) is 0 Å². The lowest BCUT2D eigenvalue weighted by Gasteiger charge is -2.31. The van der Waals surface area contributed by atoms with Crippen LogP contribution in [0.5, 0.6) is 0 Å². The number of hydrogen-bond donors (Lipinski definition) is 1. The fourth-order valence-corrected chi connectivity index (χ4v) is 3.12. The number of anilines is 1. The molecule has 2 unspecified atom stereocenters. The van der Waals surface area contributed by atoms with Crippen molar-refractivity contribution in [1.29, 1.82) is 0 Å². The lowest BCUT2D eigenvalue weighted by Crippen LogP contribution is -2.34. The normalized spacial score (nSPS) is 21.9. The molecule has 1 aromatic carbocycles. The molecule has 4 nitrogen and oxygen atoms in total. The van der Waals surface area contributed by atoms with E-state index in [0.717, 1.165) is 41.6 Å². The van der Waals surface area contributed by atoms with Gasteiger partial charge in [0, 0.05) is 22.8 Å². The number of rotatable bonds is 4. The Bertz CT molecular complexity index is 518. The predicted octanol–water partition coefficient (Wildman–Crippen LogP) is 3.91.